The van der Waals surface area contributed by atoms with Gasteiger partial charge in [-0.2, -0.15) is 0 Å². The predicted octanol–water partition coefficient (Wildman–Crippen LogP) is 0.647. The average Bonchev–Trinajstić information content (AvgIpc) is 2.80. The summed E-state index contributed by atoms with van der Waals surface area (Å²) < 4.78 is 22.5. The first-order valence-electron chi connectivity index (χ1n) is 9.62. The van der Waals surface area contributed by atoms with E-state index < -0.39 is 42.7 Å². The lowest BCUT2D eigenvalue weighted by molar-refractivity contribution is -0.277. The third kappa shape index (κ3) is 3.78. The monoisotopic (exact) mass is 430 g/mol. The summed E-state index contributed by atoms with van der Waals surface area (Å²) in [6.07, 6.45) is -7.63. The van der Waals surface area contributed by atoms with Gasteiger partial charge in [-0.05, 0) is 24.3 Å². The molecule has 1 aliphatic rings. The SMILES string of the molecule is COc1ccccc1-c1oc2ccccc2c(=O)c1OC1OC(CO)C(O)C(O)C1O. The highest BCUT2D eigenvalue weighted by Crippen LogP contribution is 2.37. The Bertz CT molecular complexity index is 1120. The van der Waals surface area contributed by atoms with Crippen LogP contribution in [0.1, 0.15) is 0 Å². The zero-order valence-corrected chi connectivity index (χ0v) is 16.5. The molecular formula is C22H22O9. The summed E-state index contributed by atoms with van der Waals surface area (Å²) in [6, 6.07) is 13.4. The lowest BCUT2D eigenvalue weighted by atomic mass is 9.99. The molecule has 0 saturated carbocycles. The predicted molar refractivity (Wildman–Crippen MR) is 109 cm³/mol. The van der Waals surface area contributed by atoms with Crippen molar-refractivity contribution in [2.45, 2.75) is 30.7 Å². The molecule has 1 aliphatic heterocycles. The van der Waals surface area contributed by atoms with E-state index in [1.807, 2.05) is 0 Å². The molecule has 31 heavy (non-hydrogen) atoms. The molecule has 9 nitrogen and oxygen atoms in total. The summed E-state index contributed by atoms with van der Waals surface area (Å²) in [5.41, 5.74) is 0.210. The van der Waals surface area contributed by atoms with E-state index in [1.54, 1.807) is 48.5 Å². The standard InChI is InChI=1S/C22H22O9/c1-28-13-8-4-3-7-12(13)20-21(16(24)11-6-2-5-9-14(11)29-20)31-22-19(27)18(26)17(25)15(10-23)30-22/h2-9,15,17-19,22-23,25-27H,10H2,1H3. The molecule has 4 rings (SSSR count). The molecule has 2 heterocycles. The van der Waals surface area contributed by atoms with E-state index in [4.69, 9.17) is 18.6 Å². The molecule has 0 bridgehead atoms. The molecule has 1 fully saturated rings. The zero-order chi connectivity index (χ0) is 22.1. The molecule has 5 unspecified atom stereocenters. The smallest absolute Gasteiger partial charge is 0.235 e. The van der Waals surface area contributed by atoms with Crippen LogP contribution in [0.15, 0.2) is 57.7 Å². The molecule has 9 heteroatoms. The van der Waals surface area contributed by atoms with Crippen molar-refractivity contribution in [3.8, 4) is 22.8 Å². The maximum atomic E-state index is 13.3. The highest BCUT2D eigenvalue weighted by atomic mass is 16.7. The van der Waals surface area contributed by atoms with Crippen LogP contribution in [-0.2, 0) is 4.74 Å². The van der Waals surface area contributed by atoms with Gasteiger partial charge in [-0.3, -0.25) is 4.79 Å². The highest BCUT2D eigenvalue weighted by Gasteiger charge is 2.45. The molecule has 0 radical (unpaired) electrons. The van der Waals surface area contributed by atoms with Crippen molar-refractivity contribution in [3.63, 3.8) is 0 Å². The van der Waals surface area contributed by atoms with Crippen LogP contribution in [0.2, 0.25) is 0 Å². The Balaban J connectivity index is 1.87. The number of hydrogen-bond donors (Lipinski definition) is 4. The quantitative estimate of drug-likeness (QED) is 0.459. The first-order chi connectivity index (χ1) is 15.0. The largest absolute Gasteiger partial charge is 0.496 e. The summed E-state index contributed by atoms with van der Waals surface area (Å²) in [5, 5.41) is 40.1. The number of hydrogen-bond acceptors (Lipinski definition) is 9. The van der Waals surface area contributed by atoms with E-state index in [-0.39, 0.29) is 16.9 Å². The number of methoxy groups -OCH3 is 1. The Labute approximate surface area is 176 Å². The van der Waals surface area contributed by atoms with E-state index in [1.165, 1.54) is 7.11 Å². The molecule has 164 valence electrons. The van der Waals surface area contributed by atoms with Gasteiger partial charge in [0.15, 0.2) is 5.76 Å². The van der Waals surface area contributed by atoms with Crippen molar-refractivity contribution >= 4 is 11.0 Å². The second-order valence-corrected chi connectivity index (χ2v) is 7.10. The van der Waals surface area contributed by atoms with Gasteiger partial charge in [0.25, 0.3) is 0 Å². The number of benzene rings is 2. The van der Waals surface area contributed by atoms with Gasteiger partial charge in [0.05, 0.1) is 24.7 Å². The number of para-hydroxylation sites is 2. The molecule has 0 amide bonds. The van der Waals surface area contributed by atoms with Gasteiger partial charge in [0.2, 0.25) is 17.5 Å². The molecular weight excluding hydrogens is 408 g/mol. The Morgan fingerprint density at radius 2 is 1.68 bits per heavy atom. The number of rotatable bonds is 5. The fourth-order valence-corrected chi connectivity index (χ4v) is 3.52. The topological polar surface area (TPSA) is 139 Å². The Kier molecular flexibility index (Phi) is 5.94. The van der Waals surface area contributed by atoms with Gasteiger partial charge in [0, 0.05) is 0 Å². The molecule has 2 aromatic carbocycles. The summed E-state index contributed by atoms with van der Waals surface area (Å²) in [7, 11) is 1.47. The van der Waals surface area contributed by atoms with Crippen LogP contribution in [0.25, 0.3) is 22.3 Å². The normalized spacial score (nSPS) is 26.0. The Morgan fingerprint density at radius 1 is 0.968 bits per heavy atom. The third-order valence-corrected chi connectivity index (χ3v) is 5.19. The number of aliphatic hydroxyl groups is 4. The maximum absolute atomic E-state index is 13.3. The summed E-state index contributed by atoms with van der Waals surface area (Å²) >= 11 is 0. The fraction of sp³-hybridized carbons (Fsp3) is 0.318. The number of fused-ring (bicyclic) bond motifs is 1. The first kappa shape index (κ1) is 21.3. The van der Waals surface area contributed by atoms with E-state index in [0.29, 0.717) is 16.9 Å². The Morgan fingerprint density at radius 3 is 2.42 bits per heavy atom. The van der Waals surface area contributed by atoms with Gasteiger partial charge in [0.1, 0.15) is 35.7 Å². The molecule has 4 N–H and O–H groups in total. The lowest BCUT2D eigenvalue weighted by Crippen LogP contribution is -2.60. The molecule has 1 saturated heterocycles. The van der Waals surface area contributed by atoms with Crippen molar-refractivity contribution in [1.82, 2.24) is 0 Å². The van der Waals surface area contributed by atoms with Gasteiger partial charge in [-0.15, -0.1) is 0 Å². The minimum absolute atomic E-state index is 0.0399. The van der Waals surface area contributed by atoms with Crippen LogP contribution in [0, 0.1) is 0 Å². The highest BCUT2D eigenvalue weighted by molar-refractivity contribution is 5.83. The minimum atomic E-state index is -1.69. The third-order valence-electron chi connectivity index (χ3n) is 5.19. The van der Waals surface area contributed by atoms with E-state index in [0.717, 1.165) is 0 Å². The zero-order valence-electron chi connectivity index (χ0n) is 16.5. The average molecular weight is 430 g/mol. The lowest BCUT2D eigenvalue weighted by Gasteiger charge is -2.39. The summed E-state index contributed by atoms with van der Waals surface area (Å²) in [6.45, 7) is -0.628. The molecule has 1 aromatic heterocycles. The van der Waals surface area contributed by atoms with Gasteiger partial charge >= 0.3 is 0 Å². The van der Waals surface area contributed by atoms with Crippen molar-refractivity contribution < 1.29 is 39.1 Å². The van der Waals surface area contributed by atoms with Crippen molar-refractivity contribution in [2.75, 3.05) is 13.7 Å². The van der Waals surface area contributed by atoms with Crippen LogP contribution in [-0.4, -0.2) is 64.8 Å². The van der Waals surface area contributed by atoms with E-state index >= 15 is 0 Å². The van der Waals surface area contributed by atoms with Crippen molar-refractivity contribution in [2.24, 2.45) is 0 Å². The second-order valence-electron chi connectivity index (χ2n) is 7.10. The second kappa shape index (κ2) is 8.66. The first-order valence-corrected chi connectivity index (χ1v) is 9.62. The Hall–Kier alpha value is -2.95. The molecule has 0 aliphatic carbocycles. The summed E-state index contributed by atoms with van der Waals surface area (Å²) in [5.74, 6) is 0.185. The molecule has 0 spiro atoms. The van der Waals surface area contributed by atoms with Crippen LogP contribution >= 0.6 is 0 Å². The summed E-state index contributed by atoms with van der Waals surface area (Å²) in [4.78, 5) is 13.3. The fourth-order valence-electron chi connectivity index (χ4n) is 3.52. The minimum Gasteiger partial charge on any atom is -0.496 e. The van der Waals surface area contributed by atoms with Crippen LogP contribution in [0.4, 0.5) is 0 Å². The number of ether oxygens (including phenoxy) is 3. The van der Waals surface area contributed by atoms with Gasteiger partial charge < -0.3 is 39.1 Å². The van der Waals surface area contributed by atoms with Gasteiger partial charge in [-0.1, -0.05) is 24.3 Å². The maximum Gasteiger partial charge on any atom is 0.235 e. The van der Waals surface area contributed by atoms with Crippen molar-refractivity contribution in [1.29, 1.82) is 0 Å². The van der Waals surface area contributed by atoms with Gasteiger partial charge in [-0.25, -0.2) is 0 Å². The van der Waals surface area contributed by atoms with Crippen LogP contribution in [0.5, 0.6) is 11.5 Å². The van der Waals surface area contributed by atoms with E-state index in [9.17, 15) is 25.2 Å². The van der Waals surface area contributed by atoms with E-state index in [2.05, 4.69) is 0 Å². The molecule has 3 aromatic rings. The van der Waals surface area contributed by atoms with Crippen LogP contribution in [0.3, 0.4) is 0 Å². The van der Waals surface area contributed by atoms with Crippen LogP contribution < -0.4 is 14.9 Å². The molecule has 5 atom stereocenters. The number of aliphatic hydroxyl groups excluding tert-OH is 4. The van der Waals surface area contributed by atoms with Crippen molar-refractivity contribution in [3.05, 3.63) is 58.8 Å².